The molecule has 3 fully saturated rings. The third-order valence-electron chi connectivity index (χ3n) is 13.9. The van der Waals surface area contributed by atoms with Crippen molar-refractivity contribution in [1.29, 1.82) is 0 Å². The highest BCUT2D eigenvalue weighted by Gasteiger charge is 2.45. The van der Waals surface area contributed by atoms with Crippen LogP contribution in [0.1, 0.15) is 86.3 Å². The van der Waals surface area contributed by atoms with Crippen LogP contribution in [0.2, 0.25) is 0 Å². The monoisotopic (exact) mass is 1050 g/mol. The summed E-state index contributed by atoms with van der Waals surface area (Å²) in [7, 11) is 0. The molecule has 1 aromatic heterocycles. The number of hydrogen-bond acceptors (Lipinski definition) is 14. The smallest absolute Gasteiger partial charge is 0.262 e. The molecule has 4 aliphatic heterocycles. The second-order valence-corrected chi connectivity index (χ2v) is 19.1. The number of ether oxygens (including phenoxy) is 5. The molecule has 1 atom stereocenters. The van der Waals surface area contributed by atoms with Crippen LogP contribution in [0.4, 0.5) is 26.0 Å². The van der Waals surface area contributed by atoms with Gasteiger partial charge in [-0.25, -0.2) is 8.78 Å². The van der Waals surface area contributed by atoms with Crippen molar-refractivity contribution in [2.45, 2.75) is 63.5 Å². The summed E-state index contributed by atoms with van der Waals surface area (Å²) in [5.74, 6) is -3.40. The number of aromatic nitrogens is 2. The molecule has 0 saturated carbocycles. The minimum absolute atomic E-state index is 0.0134. The number of imide groups is 2. The van der Waals surface area contributed by atoms with Crippen LogP contribution in [0.3, 0.4) is 0 Å². The lowest BCUT2D eigenvalue weighted by Gasteiger charge is -2.36. The van der Waals surface area contributed by atoms with E-state index in [0.29, 0.717) is 150 Å². The first kappa shape index (κ1) is 53.6. The number of aryl methyl sites for hydroxylation is 1. The van der Waals surface area contributed by atoms with Crippen LogP contribution >= 0.6 is 0 Å². The molecule has 5 heterocycles. The van der Waals surface area contributed by atoms with Crippen molar-refractivity contribution in [3.8, 4) is 0 Å². The van der Waals surface area contributed by atoms with Gasteiger partial charge in [0.25, 0.3) is 17.7 Å². The number of amides is 6. The van der Waals surface area contributed by atoms with Gasteiger partial charge in [-0.2, -0.15) is 5.10 Å². The van der Waals surface area contributed by atoms with Gasteiger partial charge in [0.2, 0.25) is 17.7 Å². The topological polar surface area (TPSA) is 223 Å². The molecule has 4 aliphatic rings. The van der Waals surface area contributed by atoms with Crippen molar-refractivity contribution in [3.63, 3.8) is 0 Å². The molecule has 0 spiro atoms. The van der Waals surface area contributed by atoms with Gasteiger partial charge in [0.1, 0.15) is 17.7 Å². The lowest BCUT2D eigenvalue weighted by atomic mass is 9.99. The number of nitrogens with one attached hydrogen (secondary N) is 4. The van der Waals surface area contributed by atoms with E-state index in [-0.39, 0.29) is 49.3 Å². The zero-order chi connectivity index (χ0) is 53.0. The van der Waals surface area contributed by atoms with E-state index in [2.05, 4.69) is 31.0 Å². The van der Waals surface area contributed by atoms with Crippen LogP contribution in [-0.4, -0.2) is 160 Å². The van der Waals surface area contributed by atoms with Crippen molar-refractivity contribution >= 4 is 63.5 Å². The van der Waals surface area contributed by atoms with Crippen molar-refractivity contribution < 1.29 is 61.2 Å². The molecule has 0 bridgehead atoms. The first-order chi connectivity index (χ1) is 37.0. The van der Waals surface area contributed by atoms with Crippen molar-refractivity contribution in [1.82, 2.24) is 25.3 Å². The molecule has 4 N–H and O–H groups in total. The number of nitrogens with zero attached hydrogens (tertiary/aromatic N) is 4. The van der Waals surface area contributed by atoms with E-state index in [0.717, 1.165) is 35.1 Å². The van der Waals surface area contributed by atoms with Gasteiger partial charge in [-0.3, -0.25) is 44.1 Å². The molecule has 4 aromatic carbocycles. The van der Waals surface area contributed by atoms with Gasteiger partial charge in [-0.15, -0.1) is 0 Å². The van der Waals surface area contributed by atoms with E-state index in [1.165, 1.54) is 12.1 Å². The zero-order valence-electron chi connectivity index (χ0n) is 42.2. The van der Waals surface area contributed by atoms with Gasteiger partial charge in [0, 0.05) is 81.3 Å². The standard InChI is InChI=1S/C55H62F2N8O11/c56-38-30-36(31-39(57)33-38)29-35-6-9-45-44(32-35)51(62-61-45)60-52(68)42-8-7-41(34-46(42)58-40-12-20-73-21-13-40)63-15-17-64(18-16-63)49(67)14-22-74-24-26-76-28-27-75-25-23-72-19-2-4-37-3-1-5-43-50(37)55(71)65(54(43)70)47-10-11-48(66)59-53(47)69/h1,3,5-9,30-34,40,47,58H,2,4,10-29H2,(H,59,66,69)(H2,60,61,62,68). The lowest BCUT2D eigenvalue weighted by molar-refractivity contribution is -0.136. The molecule has 6 amide bonds. The lowest BCUT2D eigenvalue weighted by Crippen LogP contribution is -2.54. The van der Waals surface area contributed by atoms with Gasteiger partial charge in [0.05, 0.1) is 74.9 Å². The van der Waals surface area contributed by atoms with E-state index in [4.69, 9.17) is 23.7 Å². The van der Waals surface area contributed by atoms with Gasteiger partial charge in [0.15, 0.2) is 5.82 Å². The summed E-state index contributed by atoms with van der Waals surface area (Å²) < 4.78 is 56.0. The molecule has 21 heteroatoms. The number of benzene rings is 4. The summed E-state index contributed by atoms with van der Waals surface area (Å²) in [5, 5.41) is 16.8. The maximum Gasteiger partial charge on any atom is 0.262 e. The molecular weight excluding hydrogens is 987 g/mol. The first-order valence-corrected chi connectivity index (χ1v) is 25.9. The van der Waals surface area contributed by atoms with Crippen LogP contribution in [0.5, 0.6) is 0 Å². The molecule has 19 nitrogen and oxygen atoms in total. The second kappa shape index (κ2) is 25.6. The third kappa shape index (κ3) is 13.4. The first-order valence-electron chi connectivity index (χ1n) is 25.9. The van der Waals surface area contributed by atoms with Crippen LogP contribution < -0.4 is 20.9 Å². The minimum Gasteiger partial charge on any atom is -0.381 e. The number of H-pyrrole nitrogens is 1. The third-order valence-corrected chi connectivity index (χ3v) is 13.9. The van der Waals surface area contributed by atoms with E-state index in [1.54, 1.807) is 24.3 Å². The Balaban J connectivity index is 0.644. The summed E-state index contributed by atoms with van der Waals surface area (Å²) in [5.41, 5.74) is 5.29. The molecule has 76 heavy (non-hydrogen) atoms. The molecule has 0 aliphatic carbocycles. The van der Waals surface area contributed by atoms with E-state index in [9.17, 15) is 37.5 Å². The van der Waals surface area contributed by atoms with Gasteiger partial charge < -0.3 is 44.1 Å². The Morgan fingerprint density at radius 3 is 2.18 bits per heavy atom. The van der Waals surface area contributed by atoms with Crippen molar-refractivity contribution in [3.05, 3.63) is 118 Å². The molecule has 9 rings (SSSR count). The maximum absolute atomic E-state index is 14.0. The van der Waals surface area contributed by atoms with E-state index >= 15 is 0 Å². The number of halogens is 2. The summed E-state index contributed by atoms with van der Waals surface area (Å²) in [6.07, 6.45) is 3.39. The Bertz CT molecular complexity index is 2900. The average Bonchev–Trinajstić information content (AvgIpc) is 3.94. The average molecular weight is 1050 g/mol. The number of carbonyl (C=O) groups excluding carboxylic acids is 6. The number of hydrogen-bond donors (Lipinski definition) is 4. The van der Waals surface area contributed by atoms with E-state index < -0.39 is 41.3 Å². The predicted octanol–water partition coefficient (Wildman–Crippen LogP) is 5.41. The molecule has 1 unspecified atom stereocenters. The highest BCUT2D eigenvalue weighted by Crippen LogP contribution is 2.32. The number of carbonyl (C=O) groups is 6. The minimum atomic E-state index is -1.01. The number of aromatic amines is 1. The van der Waals surface area contributed by atoms with Crippen molar-refractivity contribution in [2.75, 3.05) is 108 Å². The van der Waals surface area contributed by atoms with Crippen LogP contribution in [0, 0.1) is 11.6 Å². The molecule has 5 aromatic rings. The summed E-state index contributed by atoms with van der Waals surface area (Å²) in [4.78, 5) is 82.5. The molecule has 3 saturated heterocycles. The van der Waals surface area contributed by atoms with Gasteiger partial charge in [-0.05, 0) is 104 Å². The zero-order valence-corrected chi connectivity index (χ0v) is 42.2. The fourth-order valence-corrected chi connectivity index (χ4v) is 9.95. The number of fused-ring (bicyclic) bond motifs is 2. The van der Waals surface area contributed by atoms with Crippen LogP contribution in [0.25, 0.3) is 10.9 Å². The Kier molecular flexibility index (Phi) is 18.1. The van der Waals surface area contributed by atoms with Crippen LogP contribution in [-0.2, 0) is 50.9 Å². The van der Waals surface area contributed by atoms with Gasteiger partial charge in [-0.1, -0.05) is 18.2 Å². The summed E-state index contributed by atoms with van der Waals surface area (Å²) in [6, 6.07) is 18.9. The number of rotatable bonds is 24. The Morgan fingerprint density at radius 2 is 1.46 bits per heavy atom. The molecule has 402 valence electrons. The highest BCUT2D eigenvalue weighted by molar-refractivity contribution is 6.24. The van der Waals surface area contributed by atoms with Crippen molar-refractivity contribution in [2.24, 2.45) is 0 Å². The predicted molar refractivity (Wildman–Crippen MR) is 275 cm³/mol. The Morgan fingerprint density at radius 1 is 0.750 bits per heavy atom. The largest absolute Gasteiger partial charge is 0.381 e. The number of anilines is 3. The Labute approximate surface area is 437 Å². The SMILES string of the molecule is O=C1CCC(N2C(=O)c3cccc(CCCOCCOCCOCCOCCC(=O)N4CCN(c5ccc(C(=O)Nc6n[nH]c7ccc(Cc8cc(F)cc(F)c8)cc67)c(NC6CCOCC6)c5)CC4)c3C2=O)C(=O)N1. The highest BCUT2D eigenvalue weighted by atomic mass is 19.1. The fraction of sp³-hybridized carbons (Fsp3) is 0.436. The fourth-order valence-electron chi connectivity index (χ4n) is 9.95. The quantitative estimate of drug-likeness (QED) is 0.0448. The molecule has 0 radical (unpaired) electrons. The maximum atomic E-state index is 14.0. The summed E-state index contributed by atoms with van der Waals surface area (Å²) >= 11 is 0. The summed E-state index contributed by atoms with van der Waals surface area (Å²) in [6.45, 7) is 6.38. The normalized spacial score (nSPS) is 17.1. The Hall–Kier alpha value is -7.17. The number of piperidine rings is 1. The number of piperazine rings is 1. The van der Waals surface area contributed by atoms with Gasteiger partial charge >= 0.3 is 0 Å². The van der Waals surface area contributed by atoms with Crippen LogP contribution in [0.15, 0.2) is 72.8 Å². The van der Waals surface area contributed by atoms with E-state index in [1.807, 2.05) is 35.2 Å². The second-order valence-electron chi connectivity index (χ2n) is 19.1. The molecular formula is C55H62F2N8O11.